The van der Waals surface area contributed by atoms with Gasteiger partial charge in [0, 0.05) is 37.1 Å². The van der Waals surface area contributed by atoms with Gasteiger partial charge in [-0.1, -0.05) is 30.1 Å². The fourth-order valence-electron chi connectivity index (χ4n) is 3.12. The van der Waals surface area contributed by atoms with Crippen molar-refractivity contribution < 1.29 is 9.59 Å². The van der Waals surface area contributed by atoms with Crippen LogP contribution in [0.2, 0.25) is 10.0 Å². The van der Waals surface area contributed by atoms with Crippen LogP contribution < -0.4 is 5.32 Å². The predicted molar refractivity (Wildman–Crippen MR) is 94.5 cm³/mol. The Hall–Kier alpha value is -1.30. The van der Waals surface area contributed by atoms with E-state index in [1.165, 1.54) is 0 Å². The molecule has 0 spiro atoms. The molecule has 2 aliphatic heterocycles. The highest BCUT2D eigenvalue weighted by Crippen LogP contribution is 2.23. The monoisotopic (exact) mass is 369 g/mol. The van der Waals surface area contributed by atoms with Gasteiger partial charge < -0.3 is 15.1 Å². The number of benzene rings is 1. The van der Waals surface area contributed by atoms with Crippen molar-refractivity contribution in [3.63, 3.8) is 0 Å². The number of carbonyl (C=O) groups excluding carboxylic acids is 2. The summed E-state index contributed by atoms with van der Waals surface area (Å²) in [5.74, 6) is 0.558. The van der Waals surface area contributed by atoms with Gasteiger partial charge >= 0.3 is 0 Å². The summed E-state index contributed by atoms with van der Waals surface area (Å²) in [5, 5.41) is 4.07. The highest BCUT2D eigenvalue weighted by atomic mass is 35.5. The minimum absolute atomic E-state index is 0.0409. The second kappa shape index (κ2) is 7.30. The third kappa shape index (κ3) is 3.53. The summed E-state index contributed by atoms with van der Waals surface area (Å²) in [6, 6.07) is 4.88. The molecule has 0 bridgehead atoms. The molecule has 1 aromatic carbocycles. The lowest BCUT2D eigenvalue weighted by molar-refractivity contribution is -0.138. The maximum absolute atomic E-state index is 12.6. The standard InChI is InChI=1S/C17H21Cl2N3O2/c1-11(12-9-20-10-12)16(23)21-4-6-22(7-5-21)17(24)14-3-2-13(18)8-15(14)19/h2-3,8,11-12,20H,4-7,9-10H2,1H3. The molecule has 2 fully saturated rings. The van der Waals surface area contributed by atoms with E-state index in [0.717, 1.165) is 13.1 Å². The van der Waals surface area contributed by atoms with Crippen molar-refractivity contribution in [1.82, 2.24) is 15.1 Å². The highest BCUT2D eigenvalue weighted by molar-refractivity contribution is 6.36. The molecule has 2 saturated heterocycles. The van der Waals surface area contributed by atoms with E-state index in [9.17, 15) is 9.59 Å². The van der Waals surface area contributed by atoms with Crippen LogP contribution >= 0.6 is 23.2 Å². The second-order valence-electron chi connectivity index (χ2n) is 6.45. The minimum atomic E-state index is -0.111. The first kappa shape index (κ1) is 17.5. The Labute approximate surface area is 151 Å². The summed E-state index contributed by atoms with van der Waals surface area (Å²) < 4.78 is 0. The molecule has 24 heavy (non-hydrogen) atoms. The third-order valence-electron chi connectivity index (χ3n) is 4.95. The fraction of sp³-hybridized carbons (Fsp3) is 0.529. The van der Waals surface area contributed by atoms with Gasteiger partial charge in [0.05, 0.1) is 10.6 Å². The van der Waals surface area contributed by atoms with Crippen LogP contribution in [-0.4, -0.2) is 60.9 Å². The first-order valence-corrected chi connectivity index (χ1v) is 8.97. The molecular weight excluding hydrogens is 349 g/mol. The molecule has 2 heterocycles. The number of halogens is 2. The molecule has 7 heteroatoms. The van der Waals surface area contributed by atoms with E-state index in [4.69, 9.17) is 23.2 Å². The molecule has 0 radical (unpaired) electrons. The van der Waals surface area contributed by atoms with Crippen LogP contribution in [0.5, 0.6) is 0 Å². The molecule has 1 atom stereocenters. The summed E-state index contributed by atoms with van der Waals surface area (Å²) in [5.41, 5.74) is 0.453. The lowest BCUT2D eigenvalue weighted by Crippen LogP contribution is -2.55. The maximum atomic E-state index is 12.6. The van der Waals surface area contributed by atoms with E-state index >= 15 is 0 Å². The Bertz CT molecular complexity index is 641. The Morgan fingerprint density at radius 2 is 1.75 bits per heavy atom. The van der Waals surface area contributed by atoms with E-state index in [1.54, 1.807) is 23.1 Å². The number of piperazine rings is 1. The summed E-state index contributed by atoms with van der Waals surface area (Å²) in [7, 11) is 0. The number of hydrogen-bond acceptors (Lipinski definition) is 3. The molecule has 130 valence electrons. The van der Waals surface area contributed by atoms with Crippen molar-refractivity contribution in [3.05, 3.63) is 33.8 Å². The lowest BCUT2D eigenvalue weighted by atomic mass is 9.88. The molecule has 1 unspecified atom stereocenters. The number of carbonyl (C=O) groups is 2. The van der Waals surface area contributed by atoms with E-state index < -0.39 is 0 Å². The number of amides is 2. The van der Waals surface area contributed by atoms with E-state index in [-0.39, 0.29) is 17.7 Å². The van der Waals surface area contributed by atoms with Crippen LogP contribution in [0.15, 0.2) is 18.2 Å². The van der Waals surface area contributed by atoms with Crippen LogP contribution in [0.1, 0.15) is 17.3 Å². The van der Waals surface area contributed by atoms with Crippen molar-refractivity contribution in [1.29, 1.82) is 0 Å². The summed E-state index contributed by atoms with van der Waals surface area (Å²) in [6.45, 7) is 6.03. The van der Waals surface area contributed by atoms with Gasteiger partial charge in [0.2, 0.25) is 5.91 Å². The Morgan fingerprint density at radius 3 is 2.29 bits per heavy atom. The molecule has 0 aromatic heterocycles. The van der Waals surface area contributed by atoms with Crippen molar-refractivity contribution in [2.24, 2.45) is 11.8 Å². The minimum Gasteiger partial charge on any atom is -0.339 e. The normalized spacial score (nSPS) is 19.8. The average Bonchev–Trinajstić information content (AvgIpc) is 2.52. The van der Waals surface area contributed by atoms with Gasteiger partial charge in [-0.25, -0.2) is 0 Å². The van der Waals surface area contributed by atoms with E-state index in [2.05, 4.69) is 5.32 Å². The largest absolute Gasteiger partial charge is 0.339 e. The third-order valence-corrected chi connectivity index (χ3v) is 5.50. The molecule has 1 N–H and O–H groups in total. The quantitative estimate of drug-likeness (QED) is 0.887. The SMILES string of the molecule is CC(C(=O)N1CCN(C(=O)c2ccc(Cl)cc2Cl)CC1)C1CNC1. The Balaban J connectivity index is 1.58. The Kier molecular flexibility index (Phi) is 5.33. The van der Waals surface area contributed by atoms with Crippen molar-refractivity contribution in [2.45, 2.75) is 6.92 Å². The van der Waals surface area contributed by atoms with E-state index in [0.29, 0.717) is 47.7 Å². The predicted octanol–water partition coefficient (Wildman–Crippen LogP) is 2.13. The van der Waals surface area contributed by atoms with E-state index in [1.807, 2.05) is 11.8 Å². The zero-order valence-corrected chi connectivity index (χ0v) is 15.1. The highest BCUT2D eigenvalue weighted by Gasteiger charge is 2.33. The number of nitrogens with one attached hydrogen (secondary N) is 1. The zero-order valence-electron chi connectivity index (χ0n) is 13.6. The van der Waals surface area contributed by atoms with Gasteiger partial charge in [-0.3, -0.25) is 9.59 Å². The maximum Gasteiger partial charge on any atom is 0.255 e. The van der Waals surface area contributed by atoms with Crippen molar-refractivity contribution in [3.8, 4) is 0 Å². The summed E-state index contributed by atoms with van der Waals surface area (Å²) >= 11 is 12.0. The number of hydrogen-bond donors (Lipinski definition) is 1. The van der Waals surface area contributed by atoms with Crippen LogP contribution in [0.3, 0.4) is 0 Å². The lowest BCUT2D eigenvalue weighted by Gasteiger charge is -2.39. The molecular formula is C17H21Cl2N3O2. The first-order valence-electron chi connectivity index (χ1n) is 8.21. The Morgan fingerprint density at radius 1 is 1.12 bits per heavy atom. The molecule has 5 nitrogen and oxygen atoms in total. The molecule has 3 rings (SSSR count). The molecule has 0 aliphatic carbocycles. The smallest absolute Gasteiger partial charge is 0.255 e. The zero-order chi connectivity index (χ0) is 17.3. The summed E-state index contributed by atoms with van der Waals surface area (Å²) in [6.07, 6.45) is 0. The van der Waals surface area contributed by atoms with Crippen LogP contribution in [0.4, 0.5) is 0 Å². The molecule has 2 amide bonds. The van der Waals surface area contributed by atoms with Crippen molar-refractivity contribution in [2.75, 3.05) is 39.3 Å². The van der Waals surface area contributed by atoms with Gasteiger partial charge in [0.25, 0.3) is 5.91 Å². The first-order chi connectivity index (χ1) is 11.5. The van der Waals surface area contributed by atoms with Crippen LogP contribution in [0.25, 0.3) is 0 Å². The van der Waals surface area contributed by atoms with Gasteiger partial charge in [-0.05, 0) is 37.2 Å². The topological polar surface area (TPSA) is 52.7 Å². The van der Waals surface area contributed by atoms with Gasteiger partial charge in [-0.2, -0.15) is 0 Å². The summed E-state index contributed by atoms with van der Waals surface area (Å²) in [4.78, 5) is 28.7. The van der Waals surface area contributed by atoms with Crippen LogP contribution in [0, 0.1) is 11.8 Å². The van der Waals surface area contributed by atoms with Gasteiger partial charge in [0.1, 0.15) is 0 Å². The van der Waals surface area contributed by atoms with Crippen molar-refractivity contribution >= 4 is 35.0 Å². The van der Waals surface area contributed by atoms with Crippen LogP contribution in [-0.2, 0) is 4.79 Å². The number of nitrogens with zero attached hydrogens (tertiary/aromatic N) is 2. The van der Waals surface area contributed by atoms with Gasteiger partial charge in [-0.15, -0.1) is 0 Å². The second-order valence-corrected chi connectivity index (χ2v) is 7.29. The molecule has 2 aliphatic rings. The number of rotatable bonds is 3. The molecule has 1 aromatic rings. The fourth-order valence-corrected chi connectivity index (χ4v) is 3.61. The van der Waals surface area contributed by atoms with Gasteiger partial charge in [0.15, 0.2) is 0 Å². The molecule has 0 saturated carbocycles. The average molecular weight is 370 g/mol.